The number of carboxylic acid groups (broad SMARTS) is 1. The maximum Gasteiger partial charge on any atom is 0.307 e. The van der Waals surface area contributed by atoms with E-state index >= 15 is 0 Å². The van der Waals surface area contributed by atoms with Crippen LogP contribution in [0, 0.1) is 18.7 Å². The quantitative estimate of drug-likeness (QED) is 0.895. The molecule has 0 saturated carbocycles. The van der Waals surface area contributed by atoms with Crippen LogP contribution in [0.3, 0.4) is 0 Å². The minimum absolute atomic E-state index is 0.0203. The van der Waals surface area contributed by atoms with Crippen molar-refractivity contribution in [3.8, 4) is 0 Å². The molecule has 0 fully saturated rings. The third kappa shape index (κ3) is 4.05. The predicted octanol–water partition coefficient (Wildman–Crippen LogP) is 4.27. The smallest absolute Gasteiger partial charge is 0.307 e. The van der Waals surface area contributed by atoms with E-state index in [1.165, 1.54) is 6.07 Å². The van der Waals surface area contributed by atoms with Crippen LogP contribution in [0.4, 0.5) is 4.39 Å². The molecule has 2 aromatic rings. The molecule has 0 aliphatic heterocycles. The summed E-state index contributed by atoms with van der Waals surface area (Å²) in [5.74, 6) is -2.15. The van der Waals surface area contributed by atoms with E-state index in [4.69, 9.17) is 11.6 Å². The van der Waals surface area contributed by atoms with Crippen molar-refractivity contribution in [1.82, 2.24) is 0 Å². The zero-order valence-corrected chi connectivity index (χ0v) is 12.4. The molecule has 110 valence electrons. The lowest BCUT2D eigenvalue weighted by Gasteiger charge is -2.13. The van der Waals surface area contributed by atoms with Crippen LogP contribution in [0.25, 0.3) is 0 Å². The van der Waals surface area contributed by atoms with Gasteiger partial charge < -0.3 is 5.11 Å². The second-order valence-corrected chi connectivity index (χ2v) is 5.55. The van der Waals surface area contributed by atoms with Gasteiger partial charge in [-0.05, 0) is 37.0 Å². The largest absolute Gasteiger partial charge is 0.481 e. The highest BCUT2D eigenvalue weighted by Gasteiger charge is 2.21. The standard InChI is InChI=1S/C17H16ClFO2/c1-11-5-7-12(8-6-11)9-14(17(20)21)10-13-3-2-4-15(18)16(13)19/h2-8,14H,9-10H2,1H3,(H,20,21). The number of carbonyl (C=O) groups is 1. The number of benzene rings is 2. The highest BCUT2D eigenvalue weighted by molar-refractivity contribution is 6.30. The second kappa shape index (κ2) is 6.72. The molecule has 1 atom stereocenters. The Morgan fingerprint density at radius 3 is 2.48 bits per heavy atom. The van der Waals surface area contributed by atoms with Gasteiger partial charge in [-0.25, -0.2) is 4.39 Å². The molecule has 1 unspecified atom stereocenters. The maximum absolute atomic E-state index is 13.9. The van der Waals surface area contributed by atoms with Gasteiger partial charge in [-0.15, -0.1) is 0 Å². The summed E-state index contributed by atoms with van der Waals surface area (Å²) in [6.07, 6.45) is 0.483. The number of aryl methyl sites for hydroxylation is 1. The maximum atomic E-state index is 13.9. The van der Waals surface area contributed by atoms with Crippen LogP contribution in [0.2, 0.25) is 5.02 Å². The molecule has 1 N–H and O–H groups in total. The van der Waals surface area contributed by atoms with Gasteiger partial charge in [0.25, 0.3) is 0 Å². The van der Waals surface area contributed by atoms with Crippen molar-refractivity contribution in [1.29, 1.82) is 0 Å². The van der Waals surface area contributed by atoms with Crippen LogP contribution in [-0.2, 0) is 17.6 Å². The Morgan fingerprint density at radius 1 is 1.19 bits per heavy atom. The molecule has 0 aliphatic rings. The van der Waals surface area contributed by atoms with Gasteiger partial charge in [0.1, 0.15) is 5.82 Å². The average molecular weight is 307 g/mol. The van der Waals surface area contributed by atoms with Crippen LogP contribution in [-0.4, -0.2) is 11.1 Å². The zero-order chi connectivity index (χ0) is 15.4. The van der Waals surface area contributed by atoms with Gasteiger partial charge in [-0.1, -0.05) is 53.6 Å². The van der Waals surface area contributed by atoms with E-state index in [0.29, 0.717) is 12.0 Å². The van der Waals surface area contributed by atoms with Crippen LogP contribution in [0.5, 0.6) is 0 Å². The highest BCUT2D eigenvalue weighted by atomic mass is 35.5. The fourth-order valence-corrected chi connectivity index (χ4v) is 2.42. The zero-order valence-electron chi connectivity index (χ0n) is 11.6. The molecule has 0 amide bonds. The van der Waals surface area contributed by atoms with Gasteiger partial charge >= 0.3 is 5.97 Å². The molecule has 0 heterocycles. The first kappa shape index (κ1) is 15.5. The molecule has 21 heavy (non-hydrogen) atoms. The predicted molar refractivity (Wildman–Crippen MR) is 81.1 cm³/mol. The summed E-state index contributed by atoms with van der Waals surface area (Å²) < 4.78 is 13.9. The minimum Gasteiger partial charge on any atom is -0.481 e. The summed E-state index contributed by atoms with van der Waals surface area (Å²) in [7, 11) is 0. The van der Waals surface area contributed by atoms with Crippen molar-refractivity contribution in [2.45, 2.75) is 19.8 Å². The molecule has 2 aromatic carbocycles. The van der Waals surface area contributed by atoms with Gasteiger partial charge in [-0.2, -0.15) is 0 Å². The fraction of sp³-hybridized carbons (Fsp3) is 0.235. The Labute approximate surface area is 128 Å². The molecule has 0 bridgehead atoms. The van der Waals surface area contributed by atoms with Crippen molar-refractivity contribution in [2.24, 2.45) is 5.92 Å². The second-order valence-electron chi connectivity index (χ2n) is 5.14. The molecule has 0 saturated heterocycles. The summed E-state index contributed by atoms with van der Waals surface area (Å²) in [5.41, 5.74) is 2.38. The minimum atomic E-state index is -0.935. The van der Waals surface area contributed by atoms with Gasteiger partial charge in [0.2, 0.25) is 0 Å². The Bertz CT molecular complexity index is 638. The van der Waals surface area contributed by atoms with Crippen LogP contribution in [0.15, 0.2) is 42.5 Å². The third-order valence-corrected chi connectivity index (χ3v) is 3.74. The molecule has 2 rings (SSSR count). The Balaban J connectivity index is 2.18. The van der Waals surface area contributed by atoms with Gasteiger partial charge in [-0.3, -0.25) is 4.79 Å². The fourth-order valence-electron chi connectivity index (χ4n) is 2.23. The molecular weight excluding hydrogens is 291 g/mol. The molecule has 0 spiro atoms. The molecule has 0 radical (unpaired) electrons. The van der Waals surface area contributed by atoms with Crippen molar-refractivity contribution in [3.05, 3.63) is 70.0 Å². The summed E-state index contributed by atoms with van der Waals surface area (Å²) in [6, 6.07) is 12.3. The number of hydrogen-bond acceptors (Lipinski definition) is 1. The molecule has 4 heteroatoms. The summed E-state index contributed by atoms with van der Waals surface area (Å²) in [5, 5.41) is 9.38. The molecule has 0 aromatic heterocycles. The lowest BCUT2D eigenvalue weighted by molar-refractivity contribution is -0.141. The van der Waals surface area contributed by atoms with E-state index in [-0.39, 0.29) is 11.4 Å². The van der Waals surface area contributed by atoms with Crippen LogP contribution in [0.1, 0.15) is 16.7 Å². The molecular formula is C17H16ClFO2. The van der Waals surface area contributed by atoms with Crippen molar-refractivity contribution in [3.63, 3.8) is 0 Å². The van der Waals surface area contributed by atoms with Crippen molar-refractivity contribution >= 4 is 17.6 Å². The molecule has 2 nitrogen and oxygen atoms in total. The SMILES string of the molecule is Cc1ccc(CC(Cc2cccc(Cl)c2F)C(=O)O)cc1. The number of halogens is 2. The van der Waals surface area contributed by atoms with E-state index < -0.39 is 17.7 Å². The Kier molecular flexibility index (Phi) is 4.97. The Hall–Kier alpha value is -1.87. The van der Waals surface area contributed by atoms with E-state index in [0.717, 1.165) is 11.1 Å². The number of carboxylic acids is 1. The van der Waals surface area contributed by atoms with Crippen LogP contribution >= 0.6 is 11.6 Å². The first-order valence-corrected chi connectivity index (χ1v) is 7.06. The number of hydrogen-bond donors (Lipinski definition) is 1. The number of aliphatic carboxylic acids is 1. The van der Waals surface area contributed by atoms with E-state index in [1.54, 1.807) is 12.1 Å². The molecule has 0 aliphatic carbocycles. The topological polar surface area (TPSA) is 37.3 Å². The van der Waals surface area contributed by atoms with Gasteiger partial charge in [0, 0.05) is 0 Å². The first-order chi connectivity index (χ1) is 9.97. The van der Waals surface area contributed by atoms with Crippen molar-refractivity contribution in [2.75, 3.05) is 0 Å². The van der Waals surface area contributed by atoms with Crippen LogP contribution < -0.4 is 0 Å². The summed E-state index contributed by atoms with van der Waals surface area (Å²) in [6.45, 7) is 1.97. The number of rotatable bonds is 5. The lowest BCUT2D eigenvalue weighted by Crippen LogP contribution is -2.19. The van der Waals surface area contributed by atoms with Gasteiger partial charge in [0.05, 0.1) is 10.9 Å². The van der Waals surface area contributed by atoms with E-state index in [2.05, 4.69) is 0 Å². The third-order valence-electron chi connectivity index (χ3n) is 3.45. The average Bonchev–Trinajstić information content (AvgIpc) is 2.45. The van der Waals surface area contributed by atoms with Crippen molar-refractivity contribution < 1.29 is 14.3 Å². The normalized spacial score (nSPS) is 12.1. The Morgan fingerprint density at radius 2 is 1.86 bits per heavy atom. The summed E-state index contributed by atoms with van der Waals surface area (Å²) in [4.78, 5) is 11.4. The van der Waals surface area contributed by atoms with E-state index in [1.807, 2.05) is 31.2 Å². The monoisotopic (exact) mass is 306 g/mol. The first-order valence-electron chi connectivity index (χ1n) is 6.68. The van der Waals surface area contributed by atoms with Gasteiger partial charge in [0.15, 0.2) is 0 Å². The lowest BCUT2D eigenvalue weighted by atomic mass is 9.92. The summed E-state index contributed by atoms with van der Waals surface area (Å²) >= 11 is 5.73. The highest BCUT2D eigenvalue weighted by Crippen LogP contribution is 2.22. The van der Waals surface area contributed by atoms with E-state index in [9.17, 15) is 14.3 Å².